The molecule has 0 saturated carbocycles. The highest BCUT2D eigenvalue weighted by Crippen LogP contribution is 2.38. The highest BCUT2D eigenvalue weighted by atomic mass is 35.5. The average molecular weight is 368 g/mol. The number of halogens is 1. The van der Waals surface area contributed by atoms with Crippen LogP contribution in [0.3, 0.4) is 0 Å². The SMILES string of the molecule is CC(C)CNC(=O)[C@H](C)OC(=O)/C=C/c1cc(Cl)c2c(c1)OCCO2. The minimum Gasteiger partial charge on any atom is -0.486 e. The van der Waals surface area contributed by atoms with Crippen molar-refractivity contribution in [1.29, 1.82) is 0 Å². The van der Waals surface area contributed by atoms with Gasteiger partial charge in [-0.2, -0.15) is 0 Å². The number of nitrogens with one attached hydrogen (secondary N) is 1. The smallest absolute Gasteiger partial charge is 0.331 e. The number of esters is 1. The molecule has 0 aromatic heterocycles. The molecule has 2 rings (SSSR count). The van der Waals surface area contributed by atoms with Crippen LogP contribution in [0.5, 0.6) is 11.5 Å². The standard InChI is InChI=1S/C18H22ClNO5/c1-11(2)10-20-18(22)12(3)25-16(21)5-4-13-8-14(19)17-15(9-13)23-6-7-24-17/h4-5,8-9,11-12H,6-7,10H2,1-3H3,(H,20,22)/b5-4+/t12-/m0/s1. The minimum atomic E-state index is -0.861. The normalized spacial score (nSPS) is 14.4. The Bertz CT molecular complexity index is 672. The monoisotopic (exact) mass is 367 g/mol. The van der Waals surface area contributed by atoms with Crippen molar-refractivity contribution in [3.8, 4) is 11.5 Å². The van der Waals surface area contributed by atoms with Crippen LogP contribution in [-0.4, -0.2) is 37.7 Å². The zero-order valence-electron chi connectivity index (χ0n) is 14.5. The summed E-state index contributed by atoms with van der Waals surface area (Å²) in [5.74, 6) is 0.430. The number of carbonyl (C=O) groups excluding carboxylic acids is 2. The van der Waals surface area contributed by atoms with Gasteiger partial charge in [0.1, 0.15) is 13.2 Å². The van der Waals surface area contributed by atoms with E-state index in [1.807, 2.05) is 13.8 Å². The summed E-state index contributed by atoms with van der Waals surface area (Å²) in [5.41, 5.74) is 0.670. The number of ether oxygens (including phenoxy) is 3. The first-order valence-electron chi connectivity index (χ1n) is 8.12. The molecular formula is C18H22ClNO5. The highest BCUT2D eigenvalue weighted by Gasteiger charge is 2.17. The summed E-state index contributed by atoms with van der Waals surface area (Å²) in [7, 11) is 0. The van der Waals surface area contributed by atoms with Gasteiger partial charge in [0.05, 0.1) is 5.02 Å². The van der Waals surface area contributed by atoms with Crippen molar-refractivity contribution in [2.75, 3.05) is 19.8 Å². The van der Waals surface area contributed by atoms with E-state index in [1.54, 1.807) is 18.2 Å². The lowest BCUT2D eigenvalue weighted by Crippen LogP contribution is -2.37. The van der Waals surface area contributed by atoms with Crippen LogP contribution < -0.4 is 14.8 Å². The first-order chi connectivity index (χ1) is 11.9. The molecule has 1 aromatic rings. The molecule has 1 N–H and O–H groups in total. The van der Waals surface area contributed by atoms with Crippen LogP contribution in [0.2, 0.25) is 5.02 Å². The van der Waals surface area contributed by atoms with Crippen molar-refractivity contribution in [2.24, 2.45) is 5.92 Å². The van der Waals surface area contributed by atoms with Crippen molar-refractivity contribution >= 4 is 29.6 Å². The third-order valence-corrected chi connectivity index (χ3v) is 3.66. The second-order valence-electron chi connectivity index (χ2n) is 6.08. The van der Waals surface area contributed by atoms with E-state index in [4.69, 9.17) is 25.8 Å². The van der Waals surface area contributed by atoms with Crippen LogP contribution in [0.1, 0.15) is 26.3 Å². The quantitative estimate of drug-likeness (QED) is 0.618. The van der Waals surface area contributed by atoms with Crippen LogP contribution >= 0.6 is 11.6 Å². The Hall–Kier alpha value is -2.21. The van der Waals surface area contributed by atoms with Gasteiger partial charge >= 0.3 is 5.97 Å². The number of benzene rings is 1. The molecule has 1 aromatic carbocycles. The van der Waals surface area contributed by atoms with Crippen molar-refractivity contribution in [2.45, 2.75) is 26.9 Å². The predicted molar refractivity (Wildman–Crippen MR) is 94.9 cm³/mol. The zero-order chi connectivity index (χ0) is 18.4. The fourth-order valence-electron chi connectivity index (χ4n) is 2.11. The van der Waals surface area contributed by atoms with Gasteiger partial charge in [-0.05, 0) is 36.6 Å². The topological polar surface area (TPSA) is 73.9 Å². The van der Waals surface area contributed by atoms with Crippen LogP contribution in [0.15, 0.2) is 18.2 Å². The molecule has 136 valence electrons. The molecule has 0 radical (unpaired) electrons. The number of amides is 1. The van der Waals surface area contributed by atoms with E-state index in [0.29, 0.717) is 47.8 Å². The summed E-state index contributed by atoms with van der Waals surface area (Å²) in [4.78, 5) is 23.7. The Balaban J connectivity index is 1.94. The molecule has 0 fully saturated rings. The second kappa shape index (κ2) is 8.76. The lowest BCUT2D eigenvalue weighted by Gasteiger charge is -2.19. The maximum atomic E-state index is 11.9. The van der Waals surface area contributed by atoms with E-state index in [-0.39, 0.29) is 5.91 Å². The molecule has 1 aliphatic heterocycles. The van der Waals surface area contributed by atoms with Gasteiger partial charge in [0.15, 0.2) is 17.6 Å². The number of carbonyl (C=O) groups is 2. The zero-order valence-corrected chi connectivity index (χ0v) is 15.3. The van der Waals surface area contributed by atoms with Gasteiger partial charge in [-0.25, -0.2) is 4.79 Å². The van der Waals surface area contributed by atoms with Crippen molar-refractivity contribution < 1.29 is 23.8 Å². The maximum Gasteiger partial charge on any atom is 0.331 e. The number of hydrogen-bond donors (Lipinski definition) is 1. The van der Waals surface area contributed by atoms with E-state index in [0.717, 1.165) is 0 Å². The van der Waals surface area contributed by atoms with Crippen LogP contribution in [-0.2, 0) is 14.3 Å². The van der Waals surface area contributed by atoms with E-state index in [2.05, 4.69) is 5.32 Å². The lowest BCUT2D eigenvalue weighted by atomic mass is 10.2. The molecular weight excluding hydrogens is 346 g/mol. The Labute approximate surface area is 152 Å². The van der Waals surface area contributed by atoms with E-state index < -0.39 is 12.1 Å². The first-order valence-corrected chi connectivity index (χ1v) is 8.50. The van der Waals surface area contributed by atoms with Crippen LogP contribution in [0.4, 0.5) is 0 Å². The predicted octanol–water partition coefficient (Wildman–Crippen LogP) is 2.83. The third-order valence-electron chi connectivity index (χ3n) is 3.38. The summed E-state index contributed by atoms with van der Waals surface area (Å²) < 4.78 is 16.0. The van der Waals surface area contributed by atoms with Gasteiger partial charge in [-0.15, -0.1) is 0 Å². The Kier molecular flexibility index (Phi) is 6.70. The second-order valence-corrected chi connectivity index (χ2v) is 6.49. The van der Waals surface area contributed by atoms with Gasteiger partial charge in [0.25, 0.3) is 5.91 Å². The molecule has 1 amide bonds. The summed E-state index contributed by atoms with van der Waals surface area (Å²) >= 11 is 6.14. The van der Waals surface area contributed by atoms with Gasteiger partial charge in [0.2, 0.25) is 0 Å². The van der Waals surface area contributed by atoms with Crippen molar-refractivity contribution in [3.05, 3.63) is 28.8 Å². The summed E-state index contributed by atoms with van der Waals surface area (Å²) in [6, 6.07) is 3.39. The Morgan fingerprint density at radius 3 is 2.72 bits per heavy atom. The van der Waals surface area contributed by atoms with Crippen molar-refractivity contribution in [3.63, 3.8) is 0 Å². The minimum absolute atomic E-state index is 0.321. The van der Waals surface area contributed by atoms with Crippen molar-refractivity contribution in [1.82, 2.24) is 5.32 Å². The Morgan fingerprint density at radius 2 is 2.00 bits per heavy atom. The lowest BCUT2D eigenvalue weighted by molar-refractivity contribution is -0.150. The van der Waals surface area contributed by atoms with Crippen LogP contribution in [0.25, 0.3) is 6.08 Å². The maximum absolute atomic E-state index is 11.9. The fourth-order valence-corrected chi connectivity index (χ4v) is 2.38. The summed E-state index contributed by atoms with van der Waals surface area (Å²) in [6.07, 6.45) is 1.93. The van der Waals surface area contributed by atoms with Gasteiger partial charge in [0, 0.05) is 12.6 Å². The highest BCUT2D eigenvalue weighted by molar-refractivity contribution is 6.32. The van der Waals surface area contributed by atoms with Gasteiger partial charge in [-0.3, -0.25) is 4.79 Å². The summed E-state index contributed by atoms with van der Waals surface area (Å²) in [5, 5.41) is 3.12. The molecule has 7 heteroatoms. The third kappa shape index (κ3) is 5.67. The number of hydrogen-bond acceptors (Lipinski definition) is 5. The average Bonchev–Trinajstić information content (AvgIpc) is 2.57. The molecule has 0 spiro atoms. The van der Waals surface area contributed by atoms with Gasteiger partial charge in [-0.1, -0.05) is 25.4 Å². The molecule has 0 unspecified atom stereocenters. The molecule has 0 saturated heterocycles. The number of fused-ring (bicyclic) bond motifs is 1. The molecule has 6 nitrogen and oxygen atoms in total. The molecule has 0 aliphatic carbocycles. The van der Waals surface area contributed by atoms with E-state index in [9.17, 15) is 9.59 Å². The van der Waals surface area contributed by atoms with Crippen LogP contribution in [0, 0.1) is 5.92 Å². The van der Waals surface area contributed by atoms with E-state index >= 15 is 0 Å². The molecule has 1 heterocycles. The molecule has 1 atom stereocenters. The van der Waals surface area contributed by atoms with Gasteiger partial charge < -0.3 is 19.5 Å². The molecule has 0 bridgehead atoms. The molecule has 1 aliphatic rings. The number of rotatable bonds is 6. The largest absolute Gasteiger partial charge is 0.486 e. The summed E-state index contributed by atoms with van der Waals surface area (Å²) in [6.45, 7) is 6.93. The Morgan fingerprint density at radius 1 is 1.28 bits per heavy atom. The molecule has 25 heavy (non-hydrogen) atoms. The first kappa shape index (κ1) is 19.1. The van der Waals surface area contributed by atoms with E-state index in [1.165, 1.54) is 13.0 Å². The fraction of sp³-hybridized carbons (Fsp3) is 0.444.